The number of benzene rings is 1. The number of ether oxygens (including phenoxy) is 1. The molecule has 0 atom stereocenters. The molecule has 0 aliphatic heterocycles. The molecule has 2 aromatic rings. The number of hydrogen-bond donors (Lipinski definition) is 1. The molecule has 5 nitrogen and oxygen atoms in total. The first-order valence-corrected chi connectivity index (χ1v) is 6.33. The second kappa shape index (κ2) is 6.44. The number of nitrogens with zero attached hydrogens (tertiary/aromatic N) is 2. The Labute approximate surface area is 123 Å². The molecule has 0 saturated carbocycles. The zero-order valence-corrected chi connectivity index (χ0v) is 11.8. The Morgan fingerprint density at radius 3 is 2.71 bits per heavy atom. The number of carbonyl (C=O) groups is 1. The van der Waals surface area contributed by atoms with Gasteiger partial charge in [0.2, 0.25) is 0 Å². The van der Waals surface area contributed by atoms with Crippen LogP contribution in [0.3, 0.4) is 0 Å². The summed E-state index contributed by atoms with van der Waals surface area (Å²) in [4.78, 5) is 12.2. The monoisotopic (exact) mass is 281 g/mol. The van der Waals surface area contributed by atoms with Crippen molar-refractivity contribution >= 4 is 17.7 Å². The van der Waals surface area contributed by atoms with Crippen LogP contribution in [-0.2, 0) is 11.8 Å². The molecule has 0 radical (unpaired) electrons. The third kappa shape index (κ3) is 3.31. The van der Waals surface area contributed by atoms with Crippen molar-refractivity contribution in [3.63, 3.8) is 0 Å². The molecule has 1 heterocycles. The predicted octanol–water partition coefficient (Wildman–Crippen LogP) is 2.58. The van der Waals surface area contributed by atoms with Gasteiger partial charge in [0.15, 0.2) is 0 Å². The average molecular weight is 281 g/mol. The smallest absolute Gasteiger partial charge is 0.266 e. The van der Waals surface area contributed by atoms with Crippen LogP contribution in [-0.4, -0.2) is 17.6 Å². The Bertz CT molecular complexity index is 723. The first-order chi connectivity index (χ1) is 10.2. The summed E-state index contributed by atoms with van der Waals surface area (Å²) >= 11 is 0. The summed E-state index contributed by atoms with van der Waals surface area (Å²) in [5.74, 6) is 0.0743. The van der Waals surface area contributed by atoms with E-state index in [0.29, 0.717) is 11.4 Å². The molecule has 1 amide bonds. The maximum Gasteiger partial charge on any atom is 0.266 e. The number of rotatable bonds is 4. The minimum Gasteiger partial charge on any atom is -0.495 e. The van der Waals surface area contributed by atoms with Crippen molar-refractivity contribution in [1.29, 1.82) is 5.26 Å². The molecule has 1 aromatic carbocycles. The van der Waals surface area contributed by atoms with Crippen molar-refractivity contribution in [3.05, 3.63) is 53.9 Å². The van der Waals surface area contributed by atoms with Crippen LogP contribution in [0.15, 0.2) is 48.2 Å². The summed E-state index contributed by atoms with van der Waals surface area (Å²) in [6, 6.07) is 12.6. The zero-order valence-electron chi connectivity index (χ0n) is 11.8. The highest BCUT2D eigenvalue weighted by Gasteiger charge is 2.12. The van der Waals surface area contributed by atoms with Crippen molar-refractivity contribution in [1.82, 2.24) is 4.57 Å². The molecule has 1 aromatic heterocycles. The van der Waals surface area contributed by atoms with Crippen molar-refractivity contribution in [2.24, 2.45) is 7.05 Å². The van der Waals surface area contributed by atoms with E-state index >= 15 is 0 Å². The van der Waals surface area contributed by atoms with Gasteiger partial charge in [0, 0.05) is 18.9 Å². The fourth-order valence-corrected chi connectivity index (χ4v) is 1.86. The second-order valence-corrected chi connectivity index (χ2v) is 4.37. The molecule has 0 saturated heterocycles. The number of nitrogens with one attached hydrogen (secondary N) is 1. The maximum atomic E-state index is 12.2. The number of nitriles is 1. The Hall–Kier alpha value is -3.00. The largest absolute Gasteiger partial charge is 0.495 e. The molecule has 0 bridgehead atoms. The first kappa shape index (κ1) is 14.4. The van der Waals surface area contributed by atoms with Crippen LogP contribution in [0.5, 0.6) is 5.75 Å². The quantitative estimate of drug-likeness (QED) is 0.692. The first-order valence-electron chi connectivity index (χ1n) is 6.33. The third-order valence-corrected chi connectivity index (χ3v) is 3.00. The Balaban J connectivity index is 2.24. The normalized spacial score (nSPS) is 10.8. The fraction of sp³-hybridized carbons (Fsp3) is 0.125. The minimum atomic E-state index is -0.469. The van der Waals surface area contributed by atoms with Gasteiger partial charge in [0.25, 0.3) is 5.91 Å². The van der Waals surface area contributed by atoms with E-state index in [-0.39, 0.29) is 5.57 Å². The van der Waals surface area contributed by atoms with E-state index in [1.54, 1.807) is 30.3 Å². The Kier molecular flexibility index (Phi) is 4.42. The Morgan fingerprint density at radius 2 is 2.10 bits per heavy atom. The molecule has 2 rings (SSSR count). The van der Waals surface area contributed by atoms with Gasteiger partial charge < -0.3 is 14.6 Å². The highest BCUT2D eigenvalue weighted by Crippen LogP contribution is 2.23. The fourth-order valence-electron chi connectivity index (χ4n) is 1.86. The van der Waals surface area contributed by atoms with Gasteiger partial charge in [-0.15, -0.1) is 0 Å². The van der Waals surface area contributed by atoms with Gasteiger partial charge in [0.05, 0.1) is 12.8 Å². The van der Waals surface area contributed by atoms with Crippen LogP contribution in [0.4, 0.5) is 5.69 Å². The summed E-state index contributed by atoms with van der Waals surface area (Å²) in [5.41, 5.74) is 1.34. The average Bonchev–Trinajstić information content (AvgIpc) is 2.90. The zero-order chi connectivity index (χ0) is 15.2. The van der Waals surface area contributed by atoms with E-state index in [1.807, 2.05) is 36.0 Å². The van der Waals surface area contributed by atoms with Crippen LogP contribution in [0, 0.1) is 11.3 Å². The molecule has 106 valence electrons. The summed E-state index contributed by atoms with van der Waals surface area (Å²) < 4.78 is 6.99. The SMILES string of the molecule is COc1ccccc1NC(=O)/C(C#N)=C\c1cccn1C. The van der Waals surface area contributed by atoms with Gasteiger partial charge in [-0.25, -0.2) is 0 Å². The summed E-state index contributed by atoms with van der Waals surface area (Å²) in [6.45, 7) is 0. The number of carbonyl (C=O) groups excluding carboxylic acids is 1. The standard InChI is InChI=1S/C16H15N3O2/c1-19-9-5-6-13(19)10-12(11-17)16(20)18-14-7-3-4-8-15(14)21-2/h3-10H,1-2H3,(H,18,20)/b12-10-. The van der Waals surface area contributed by atoms with Gasteiger partial charge in [0.1, 0.15) is 17.4 Å². The number of hydrogen-bond acceptors (Lipinski definition) is 3. The van der Waals surface area contributed by atoms with Gasteiger partial charge in [-0.05, 0) is 30.3 Å². The van der Waals surface area contributed by atoms with Crippen LogP contribution in [0.1, 0.15) is 5.69 Å². The van der Waals surface area contributed by atoms with E-state index in [4.69, 9.17) is 4.74 Å². The number of aromatic nitrogens is 1. The number of aryl methyl sites for hydroxylation is 1. The molecule has 0 unspecified atom stereocenters. The van der Waals surface area contributed by atoms with E-state index in [1.165, 1.54) is 7.11 Å². The Morgan fingerprint density at radius 1 is 1.33 bits per heavy atom. The highest BCUT2D eigenvalue weighted by molar-refractivity contribution is 6.10. The predicted molar refractivity (Wildman–Crippen MR) is 80.6 cm³/mol. The molecule has 0 spiro atoms. The second-order valence-electron chi connectivity index (χ2n) is 4.37. The summed E-state index contributed by atoms with van der Waals surface area (Å²) in [7, 11) is 3.37. The van der Waals surface area contributed by atoms with Crippen molar-refractivity contribution < 1.29 is 9.53 Å². The van der Waals surface area contributed by atoms with Crippen molar-refractivity contribution in [3.8, 4) is 11.8 Å². The lowest BCUT2D eigenvalue weighted by molar-refractivity contribution is -0.112. The number of anilines is 1. The van der Waals surface area contributed by atoms with E-state index in [9.17, 15) is 10.1 Å². The minimum absolute atomic E-state index is 0.0303. The number of methoxy groups -OCH3 is 1. The molecular formula is C16H15N3O2. The number of para-hydroxylation sites is 2. The van der Waals surface area contributed by atoms with Crippen LogP contribution < -0.4 is 10.1 Å². The molecule has 21 heavy (non-hydrogen) atoms. The van der Waals surface area contributed by atoms with E-state index < -0.39 is 5.91 Å². The van der Waals surface area contributed by atoms with Gasteiger partial charge in [-0.2, -0.15) is 5.26 Å². The van der Waals surface area contributed by atoms with Crippen LogP contribution >= 0.6 is 0 Å². The maximum absolute atomic E-state index is 12.2. The molecule has 5 heteroatoms. The molecule has 1 N–H and O–H groups in total. The van der Waals surface area contributed by atoms with Gasteiger partial charge >= 0.3 is 0 Å². The molecular weight excluding hydrogens is 266 g/mol. The van der Waals surface area contributed by atoms with Crippen molar-refractivity contribution in [2.75, 3.05) is 12.4 Å². The van der Waals surface area contributed by atoms with Crippen molar-refractivity contribution in [2.45, 2.75) is 0 Å². The molecule has 0 aliphatic carbocycles. The number of amides is 1. The van der Waals surface area contributed by atoms with Gasteiger partial charge in [-0.3, -0.25) is 4.79 Å². The summed E-state index contributed by atoms with van der Waals surface area (Å²) in [6.07, 6.45) is 3.39. The lowest BCUT2D eigenvalue weighted by Crippen LogP contribution is -2.14. The third-order valence-electron chi connectivity index (χ3n) is 3.00. The molecule has 0 fully saturated rings. The molecule has 0 aliphatic rings. The van der Waals surface area contributed by atoms with E-state index in [2.05, 4.69) is 5.32 Å². The topological polar surface area (TPSA) is 67.0 Å². The summed E-state index contributed by atoms with van der Waals surface area (Å²) in [5, 5.41) is 11.9. The van der Waals surface area contributed by atoms with Gasteiger partial charge in [-0.1, -0.05) is 12.1 Å². The lowest BCUT2D eigenvalue weighted by atomic mass is 10.2. The van der Waals surface area contributed by atoms with E-state index in [0.717, 1.165) is 5.69 Å². The van der Waals surface area contributed by atoms with Crippen LogP contribution in [0.2, 0.25) is 0 Å². The van der Waals surface area contributed by atoms with Crippen LogP contribution in [0.25, 0.3) is 6.08 Å². The lowest BCUT2D eigenvalue weighted by Gasteiger charge is -2.09. The highest BCUT2D eigenvalue weighted by atomic mass is 16.5.